The van der Waals surface area contributed by atoms with Crippen molar-refractivity contribution in [2.24, 2.45) is 11.3 Å². The molecule has 0 amide bonds. The Morgan fingerprint density at radius 3 is 2.75 bits per heavy atom. The lowest BCUT2D eigenvalue weighted by Crippen LogP contribution is -2.61. The Morgan fingerprint density at radius 1 is 1.46 bits per heavy atom. The first kappa shape index (κ1) is 19.6. The van der Waals surface area contributed by atoms with E-state index in [1.807, 2.05) is 13.8 Å². The molecule has 0 radical (unpaired) electrons. The number of nitrogens with zero attached hydrogens (tertiary/aromatic N) is 1. The van der Waals surface area contributed by atoms with Crippen molar-refractivity contribution in [2.45, 2.75) is 71.6 Å². The second-order valence-corrected chi connectivity index (χ2v) is 8.64. The van der Waals surface area contributed by atoms with Gasteiger partial charge in [0.2, 0.25) is 0 Å². The second-order valence-electron chi connectivity index (χ2n) is 8.64. The number of rotatable bonds is 5. The average molecular weight is 338 g/mol. The minimum Gasteiger partial charge on any atom is -0.395 e. The van der Waals surface area contributed by atoms with Gasteiger partial charge in [-0.1, -0.05) is 38.5 Å². The maximum atomic E-state index is 10.8. The van der Waals surface area contributed by atoms with Gasteiger partial charge >= 0.3 is 0 Å². The summed E-state index contributed by atoms with van der Waals surface area (Å²) in [6.07, 6.45) is 6.46. The molecule has 0 aromatic carbocycles. The third-order valence-electron chi connectivity index (χ3n) is 6.09. The van der Waals surface area contributed by atoms with E-state index in [2.05, 4.69) is 30.9 Å². The van der Waals surface area contributed by atoms with Crippen LogP contribution < -0.4 is 0 Å². The minimum atomic E-state index is -1.06. The molecule has 24 heavy (non-hydrogen) atoms. The molecule has 0 bridgehead atoms. The summed E-state index contributed by atoms with van der Waals surface area (Å²) in [5.41, 5.74) is 0.873. The Balaban J connectivity index is 2.08. The summed E-state index contributed by atoms with van der Waals surface area (Å²) in [5, 5.41) is 30.9. The summed E-state index contributed by atoms with van der Waals surface area (Å²) >= 11 is 0. The summed E-state index contributed by atoms with van der Waals surface area (Å²) in [6, 6.07) is 0.0763. The SMILES string of the molecule is C/C(=C\CC(C)/C=C1\CN2CCCC2C(C)(O)C1O)C(C)(C)CO. The predicted octanol–water partition coefficient (Wildman–Crippen LogP) is 2.49. The number of hydrogen-bond acceptors (Lipinski definition) is 4. The molecule has 2 rings (SSSR count). The van der Waals surface area contributed by atoms with Crippen molar-refractivity contribution in [3.05, 3.63) is 23.3 Å². The summed E-state index contributed by atoms with van der Waals surface area (Å²) in [4.78, 5) is 2.31. The zero-order chi connectivity index (χ0) is 18.1. The van der Waals surface area contributed by atoms with Gasteiger partial charge in [-0.05, 0) is 51.1 Å². The number of allylic oxidation sites excluding steroid dienone is 2. The maximum Gasteiger partial charge on any atom is 0.107 e. The van der Waals surface area contributed by atoms with Crippen LogP contribution in [-0.4, -0.2) is 57.7 Å². The smallest absolute Gasteiger partial charge is 0.107 e. The largest absolute Gasteiger partial charge is 0.395 e. The molecule has 4 nitrogen and oxygen atoms in total. The molecule has 2 heterocycles. The van der Waals surface area contributed by atoms with Crippen LogP contribution in [-0.2, 0) is 0 Å². The van der Waals surface area contributed by atoms with Gasteiger partial charge in [0.1, 0.15) is 11.7 Å². The number of aliphatic hydroxyl groups excluding tert-OH is 2. The number of aliphatic hydroxyl groups is 3. The first-order valence-corrected chi connectivity index (χ1v) is 9.22. The van der Waals surface area contributed by atoms with Gasteiger partial charge in [-0.15, -0.1) is 0 Å². The minimum absolute atomic E-state index is 0.0763. The molecule has 0 saturated carbocycles. The van der Waals surface area contributed by atoms with Gasteiger partial charge in [-0.3, -0.25) is 4.90 Å². The molecule has 2 fully saturated rings. The van der Waals surface area contributed by atoms with Gasteiger partial charge in [0.05, 0.1) is 6.61 Å². The van der Waals surface area contributed by atoms with E-state index in [1.54, 1.807) is 6.92 Å². The molecular weight excluding hydrogens is 302 g/mol. The van der Waals surface area contributed by atoms with Crippen LogP contribution in [0.2, 0.25) is 0 Å². The quantitative estimate of drug-likeness (QED) is 0.675. The highest BCUT2D eigenvalue weighted by Gasteiger charge is 2.49. The highest BCUT2D eigenvalue weighted by molar-refractivity contribution is 5.24. The van der Waals surface area contributed by atoms with E-state index < -0.39 is 11.7 Å². The van der Waals surface area contributed by atoms with Crippen LogP contribution in [0.3, 0.4) is 0 Å². The van der Waals surface area contributed by atoms with Crippen LogP contribution in [0.4, 0.5) is 0 Å². The third-order valence-corrected chi connectivity index (χ3v) is 6.09. The highest BCUT2D eigenvalue weighted by atomic mass is 16.3. The van der Waals surface area contributed by atoms with E-state index in [1.165, 1.54) is 5.57 Å². The van der Waals surface area contributed by atoms with E-state index in [4.69, 9.17) is 0 Å². The van der Waals surface area contributed by atoms with Crippen molar-refractivity contribution < 1.29 is 15.3 Å². The van der Waals surface area contributed by atoms with Gasteiger partial charge in [-0.2, -0.15) is 0 Å². The normalized spacial score (nSPS) is 35.3. The van der Waals surface area contributed by atoms with Gasteiger partial charge in [-0.25, -0.2) is 0 Å². The number of piperidine rings is 1. The predicted molar refractivity (Wildman–Crippen MR) is 97.7 cm³/mol. The molecule has 2 aliphatic heterocycles. The van der Waals surface area contributed by atoms with E-state index in [0.29, 0.717) is 0 Å². The fourth-order valence-corrected chi connectivity index (χ4v) is 3.90. The van der Waals surface area contributed by atoms with Crippen molar-refractivity contribution in [1.29, 1.82) is 0 Å². The van der Waals surface area contributed by atoms with E-state index in [0.717, 1.165) is 37.9 Å². The second kappa shape index (κ2) is 7.28. The van der Waals surface area contributed by atoms with Crippen LogP contribution in [0.5, 0.6) is 0 Å². The van der Waals surface area contributed by atoms with Gasteiger partial charge < -0.3 is 15.3 Å². The number of fused-ring (bicyclic) bond motifs is 1. The molecule has 3 N–H and O–H groups in total. The molecule has 4 unspecified atom stereocenters. The molecule has 0 aromatic heterocycles. The molecule has 2 aliphatic rings. The van der Waals surface area contributed by atoms with Crippen LogP contribution in [0.25, 0.3) is 0 Å². The Kier molecular flexibility index (Phi) is 5.96. The van der Waals surface area contributed by atoms with Crippen molar-refractivity contribution in [1.82, 2.24) is 4.90 Å². The highest BCUT2D eigenvalue weighted by Crippen LogP contribution is 2.37. The van der Waals surface area contributed by atoms with Gasteiger partial charge in [0.15, 0.2) is 0 Å². The van der Waals surface area contributed by atoms with Crippen molar-refractivity contribution in [3.8, 4) is 0 Å². The van der Waals surface area contributed by atoms with E-state index in [-0.39, 0.29) is 24.0 Å². The first-order valence-electron chi connectivity index (χ1n) is 9.22. The summed E-state index contributed by atoms with van der Waals surface area (Å²) in [5.74, 6) is 0.286. The zero-order valence-electron chi connectivity index (χ0n) is 15.9. The van der Waals surface area contributed by atoms with Crippen LogP contribution >= 0.6 is 0 Å². The Morgan fingerprint density at radius 2 is 2.12 bits per heavy atom. The molecule has 138 valence electrons. The van der Waals surface area contributed by atoms with Crippen molar-refractivity contribution in [2.75, 3.05) is 19.7 Å². The fourth-order valence-electron chi connectivity index (χ4n) is 3.90. The molecule has 0 spiro atoms. The van der Waals surface area contributed by atoms with E-state index in [9.17, 15) is 15.3 Å². The lowest BCUT2D eigenvalue weighted by molar-refractivity contribution is -0.110. The standard InChI is InChI=1S/C20H35NO3/c1-14(8-9-15(2)19(3,4)13-22)11-16-12-21-10-6-7-17(21)20(5,24)18(16)23/h9,11,14,17-18,22-24H,6-8,10,12-13H2,1-5H3/b15-9+,16-11+. The molecule has 0 aliphatic carbocycles. The molecular formula is C20H35NO3. The third kappa shape index (κ3) is 3.93. The Hall–Kier alpha value is -0.680. The van der Waals surface area contributed by atoms with E-state index >= 15 is 0 Å². The Bertz CT molecular complexity index is 507. The van der Waals surface area contributed by atoms with Crippen molar-refractivity contribution >= 4 is 0 Å². The lowest BCUT2D eigenvalue weighted by atomic mass is 9.79. The maximum absolute atomic E-state index is 10.8. The average Bonchev–Trinajstić information content (AvgIpc) is 2.99. The number of hydrogen-bond donors (Lipinski definition) is 3. The lowest BCUT2D eigenvalue weighted by Gasteiger charge is -2.46. The van der Waals surface area contributed by atoms with Gasteiger partial charge in [0, 0.05) is 18.0 Å². The molecule has 4 heteroatoms. The van der Waals surface area contributed by atoms with Crippen LogP contribution in [0.15, 0.2) is 23.3 Å². The topological polar surface area (TPSA) is 63.9 Å². The Labute approximate surface area is 146 Å². The first-order chi connectivity index (χ1) is 11.1. The summed E-state index contributed by atoms with van der Waals surface area (Å²) < 4.78 is 0. The summed E-state index contributed by atoms with van der Waals surface area (Å²) in [6.45, 7) is 12.0. The summed E-state index contributed by atoms with van der Waals surface area (Å²) in [7, 11) is 0. The van der Waals surface area contributed by atoms with Crippen LogP contribution in [0, 0.1) is 11.3 Å². The molecule has 4 atom stereocenters. The molecule has 2 saturated heterocycles. The molecule has 0 aromatic rings. The van der Waals surface area contributed by atoms with Crippen LogP contribution in [0.1, 0.15) is 53.9 Å². The van der Waals surface area contributed by atoms with Gasteiger partial charge in [0.25, 0.3) is 0 Å². The van der Waals surface area contributed by atoms with Crippen molar-refractivity contribution in [3.63, 3.8) is 0 Å². The fraction of sp³-hybridized carbons (Fsp3) is 0.800. The monoisotopic (exact) mass is 337 g/mol. The zero-order valence-corrected chi connectivity index (χ0v) is 15.9.